The summed E-state index contributed by atoms with van der Waals surface area (Å²) >= 11 is 12.5. The van der Waals surface area contributed by atoms with Crippen LogP contribution in [0.1, 0.15) is 16.9 Å². The molecule has 5 rings (SSSR count). The van der Waals surface area contributed by atoms with E-state index in [-0.39, 0.29) is 10.6 Å². The fourth-order valence-corrected chi connectivity index (χ4v) is 4.44. The molecular weight excluding hydrogens is 487 g/mol. The van der Waals surface area contributed by atoms with Gasteiger partial charge >= 0.3 is 0 Å². The third kappa shape index (κ3) is 4.32. The van der Waals surface area contributed by atoms with Gasteiger partial charge in [-0.3, -0.25) is 14.5 Å². The molecule has 3 heterocycles. The first-order valence-electron chi connectivity index (χ1n) is 10.6. The third-order valence-electron chi connectivity index (χ3n) is 5.62. The first kappa shape index (κ1) is 22.8. The number of aryl methyl sites for hydroxylation is 1. The van der Waals surface area contributed by atoms with Crippen molar-refractivity contribution in [2.45, 2.75) is 13.8 Å². The molecule has 0 bridgehead atoms. The molecule has 0 atom stereocenters. The fraction of sp³-hybridized carbons (Fsp3) is 0.0769. The van der Waals surface area contributed by atoms with Crippen LogP contribution in [0.5, 0.6) is 0 Å². The highest BCUT2D eigenvalue weighted by atomic mass is 35.5. The molecule has 0 unspecified atom stereocenters. The van der Waals surface area contributed by atoms with Crippen LogP contribution < -0.4 is 0 Å². The van der Waals surface area contributed by atoms with Crippen LogP contribution in [0, 0.1) is 24.0 Å². The minimum absolute atomic E-state index is 0.0573. The molecule has 7 nitrogen and oxygen atoms in total. The fourth-order valence-electron chi connectivity index (χ4n) is 3.95. The summed E-state index contributed by atoms with van der Waals surface area (Å²) < 4.78 is 7.85. The van der Waals surface area contributed by atoms with E-state index in [2.05, 4.69) is 4.99 Å². The van der Waals surface area contributed by atoms with E-state index in [1.54, 1.807) is 43.5 Å². The molecule has 9 heteroatoms. The zero-order chi connectivity index (χ0) is 24.7. The third-order valence-corrected chi connectivity index (χ3v) is 6.17. The smallest absolute Gasteiger partial charge is 0.273 e. The van der Waals surface area contributed by atoms with Crippen LogP contribution in [-0.2, 0) is 0 Å². The number of nitrogens with zero attached hydrogens (tertiary/aromatic N) is 4. The predicted molar refractivity (Wildman–Crippen MR) is 138 cm³/mol. The first-order valence-corrected chi connectivity index (χ1v) is 11.4. The normalized spacial score (nSPS) is 11.5. The summed E-state index contributed by atoms with van der Waals surface area (Å²) in [5, 5.41) is 12.4. The number of nitro benzene ring substituents is 1. The van der Waals surface area contributed by atoms with Gasteiger partial charge in [-0.1, -0.05) is 29.3 Å². The van der Waals surface area contributed by atoms with Crippen molar-refractivity contribution in [2.24, 2.45) is 4.99 Å². The quantitative estimate of drug-likeness (QED) is 0.138. The molecule has 0 aliphatic carbocycles. The molecule has 35 heavy (non-hydrogen) atoms. The summed E-state index contributed by atoms with van der Waals surface area (Å²) in [6.45, 7) is 3.53. The van der Waals surface area contributed by atoms with Crippen LogP contribution in [0.2, 0.25) is 10.0 Å². The van der Waals surface area contributed by atoms with Gasteiger partial charge in [-0.25, -0.2) is 9.98 Å². The second kappa shape index (κ2) is 9.02. The predicted octanol–water partition coefficient (Wildman–Crippen LogP) is 7.84. The van der Waals surface area contributed by atoms with Gasteiger partial charge in [0.1, 0.15) is 22.9 Å². The van der Waals surface area contributed by atoms with Crippen molar-refractivity contribution < 1.29 is 9.34 Å². The number of hydrogen-bond donors (Lipinski definition) is 0. The molecule has 174 valence electrons. The van der Waals surface area contributed by atoms with Gasteiger partial charge in [0, 0.05) is 34.0 Å². The number of rotatable bonds is 5. The van der Waals surface area contributed by atoms with Gasteiger partial charge in [-0.15, -0.1) is 0 Å². The van der Waals surface area contributed by atoms with Gasteiger partial charge in [-0.05, 0) is 67.9 Å². The highest BCUT2D eigenvalue weighted by Gasteiger charge is 2.19. The Labute approximate surface area is 210 Å². The summed E-state index contributed by atoms with van der Waals surface area (Å²) in [6, 6.07) is 17.9. The Balaban J connectivity index is 1.57. The molecule has 2 aromatic carbocycles. The van der Waals surface area contributed by atoms with Gasteiger partial charge in [0.2, 0.25) is 0 Å². The molecule has 0 saturated carbocycles. The number of fused-ring (bicyclic) bond motifs is 1. The Bertz CT molecular complexity index is 1640. The van der Waals surface area contributed by atoms with E-state index < -0.39 is 0 Å². The lowest BCUT2D eigenvalue weighted by molar-refractivity contribution is -0.385. The van der Waals surface area contributed by atoms with Gasteiger partial charge < -0.3 is 4.42 Å². The van der Waals surface area contributed by atoms with E-state index in [9.17, 15) is 10.1 Å². The molecule has 0 fully saturated rings. The van der Waals surface area contributed by atoms with Crippen LogP contribution in [0.25, 0.3) is 28.2 Å². The van der Waals surface area contributed by atoms with Crippen molar-refractivity contribution in [2.75, 3.05) is 0 Å². The van der Waals surface area contributed by atoms with Crippen LogP contribution in [0.3, 0.4) is 0 Å². The van der Waals surface area contributed by atoms with E-state index in [1.807, 2.05) is 47.9 Å². The zero-order valence-electron chi connectivity index (χ0n) is 18.7. The standard InChI is InChI=1S/C26H18Cl2N4O3/c1-15-11-20(16(2)22(12-15)32(33)34)23-9-7-18(35-23)14-29-26-25(19-8-6-17(27)13-21(19)28)30-24-5-3-4-10-31(24)26/h3-14H,1-2H3/b29-14+. The minimum atomic E-state index is -0.384. The van der Waals surface area contributed by atoms with Crippen molar-refractivity contribution in [3.05, 3.63) is 104 Å². The van der Waals surface area contributed by atoms with Crippen LogP contribution in [0.15, 0.2) is 76.3 Å². The highest BCUT2D eigenvalue weighted by molar-refractivity contribution is 6.36. The number of imidazole rings is 1. The molecule has 0 amide bonds. The summed E-state index contributed by atoms with van der Waals surface area (Å²) in [5.41, 5.74) is 4.06. The van der Waals surface area contributed by atoms with Crippen molar-refractivity contribution in [3.63, 3.8) is 0 Å². The van der Waals surface area contributed by atoms with E-state index in [0.717, 1.165) is 5.56 Å². The Morgan fingerprint density at radius 2 is 1.89 bits per heavy atom. The molecule has 0 N–H and O–H groups in total. The van der Waals surface area contributed by atoms with Crippen molar-refractivity contribution in [1.82, 2.24) is 9.38 Å². The number of benzene rings is 2. The molecule has 0 aliphatic rings. The SMILES string of the molecule is Cc1cc(-c2ccc(/C=N/c3c(-c4ccc(Cl)cc4Cl)nc4ccccn34)o2)c(C)c([N+](=O)[O-])c1. The topological polar surface area (TPSA) is 85.9 Å². The van der Waals surface area contributed by atoms with Crippen LogP contribution >= 0.6 is 23.2 Å². The Morgan fingerprint density at radius 3 is 2.66 bits per heavy atom. The lowest BCUT2D eigenvalue weighted by Crippen LogP contribution is -1.95. The summed E-state index contributed by atoms with van der Waals surface area (Å²) in [7, 11) is 0. The van der Waals surface area contributed by atoms with Gasteiger partial charge in [0.15, 0.2) is 5.82 Å². The number of hydrogen-bond acceptors (Lipinski definition) is 5. The average Bonchev–Trinajstić information content (AvgIpc) is 3.43. The van der Waals surface area contributed by atoms with Gasteiger partial charge in [0.25, 0.3) is 5.69 Å². The molecule has 5 aromatic rings. The van der Waals surface area contributed by atoms with Crippen molar-refractivity contribution >= 4 is 46.6 Å². The number of aromatic nitrogens is 2. The van der Waals surface area contributed by atoms with E-state index in [0.29, 0.717) is 55.4 Å². The van der Waals surface area contributed by atoms with Crippen molar-refractivity contribution in [1.29, 1.82) is 0 Å². The maximum Gasteiger partial charge on any atom is 0.273 e. The lowest BCUT2D eigenvalue weighted by Gasteiger charge is -2.05. The summed E-state index contributed by atoms with van der Waals surface area (Å²) in [6.07, 6.45) is 3.46. The highest BCUT2D eigenvalue weighted by Crippen LogP contribution is 2.37. The average molecular weight is 505 g/mol. The Hall–Kier alpha value is -3.94. The second-order valence-corrected chi connectivity index (χ2v) is 8.85. The van der Waals surface area contributed by atoms with E-state index in [1.165, 1.54) is 0 Å². The summed E-state index contributed by atoms with van der Waals surface area (Å²) in [5.74, 6) is 1.59. The van der Waals surface area contributed by atoms with Gasteiger partial charge in [-0.2, -0.15) is 0 Å². The number of aliphatic imine (C=N–C) groups is 1. The van der Waals surface area contributed by atoms with Crippen LogP contribution in [0.4, 0.5) is 11.5 Å². The molecule has 0 spiro atoms. The molecule has 3 aromatic heterocycles. The van der Waals surface area contributed by atoms with E-state index >= 15 is 0 Å². The minimum Gasteiger partial charge on any atom is -0.455 e. The number of pyridine rings is 1. The number of nitro groups is 1. The Kier molecular flexibility index (Phi) is 5.88. The lowest BCUT2D eigenvalue weighted by atomic mass is 10.0. The molecule has 0 radical (unpaired) electrons. The maximum atomic E-state index is 11.4. The molecular formula is C26H18Cl2N4O3. The Morgan fingerprint density at radius 1 is 1.06 bits per heavy atom. The van der Waals surface area contributed by atoms with E-state index in [4.69, 9.17) is 32.6 Å². The summed E-state index contributed by atoms with van der Waals surface area (Å²) in [4.78, 5) is 20.4. The van der Waals surface area contributed by atoms with Gasteiger partial charge in [0.05, 0.1) is 16.2 Å². The first-order chi connectivity index (χ1) is 16.8. The molecule has 0 saturated heterocycles. The maximum absolute atomic E-state index is 11.4. The second-order valence-electron chi connectivity index (χ2n) is 8.01. The number of halogens is 2. The monoisotopic (exact) mass is 504 g/mol. The van der Waals surface area contributed by atoms with Crippen LogP contribution in [-0.4, -0.2) is 20.5 Å². The zero-order valence-corrected chi connectivity index (χ0v) is 20.2. The van der Waals surface area contributed by atoms with Crippen molar-refractivity contribution in [3.8, 4) is 22.6 Å². The largest absolute Gasteiger partial charge is 0.455 e. The number of furan rings is 1. The molecule has 0 aliphatic heterocycles.